The first-order valence-corrected chi connectivity index (χ1v) is 10.1. The quantitative estimate of drug-likeness (QED) is 0.772. The van der Waals surface area contributed by atoms with Gasteiger partial charge in [-0.15, -0.1) is 0 Å². The number of hydrogen-bond acceptors (Lipinski definition) is 5. The van der Waals surface area contributed by atoms with Crippen molar-refractivity contribution in [3.8, 4) is 0 Å². The van der Waals surface area contributed by atoms with Crippen LogP contribution in [0.25, 0.3) is 10.2 Å². The van der Waals surface area contributed by atoms with E-state index >= 15 is 0 Å². The summed E-state index contributed by atoms with van der Waals surface area (Å²) < 4.78 is 1.03. The largest absolute Gasteiger partial charge is 0.325 e. The van der Waals surface area contributed by atoms with Gasteiger partial charge >= 0.3 is 6.03 Å². The molecule has 0 bridgehead atoms. The normalized spacial score (nSPS) is 18.5. The lowest BCUT2D eigenvalue weighted by molar-refractivity contribution is -0.131. The number of hydrogen-bond donors (Lipinski definition) is 2. The second-order valence-corrected chi connectivity index (χ2v) is 8.30. The van der Waals surface area contributed by atoms with Gasteiger partial charge in [0.1, 0.15) is 5.54 Å². The van der Waals surface area contributed by atoms with Crippen LogP contribution in [0.1, 0.15) is 44.1 Å². The van der Waals surface area contributed by atoms with E-state index in [9.17, 15) is 14.4 Å². The SMILES string of the molecule is Cc1cccc2sc(NC(=O)CCCN3C(=O)NC4(CCCC4)C3=O)nc12. The fourth-order valence-electron chi connectivity index (χ4n) is 3.92. The summed E-state index contributed by atoms with van der Waals surface area (Å²) in [6.07, 6.45) is 4.02. The maximum atomic E-state index is 12.6. The van der Waals surface area contributed by atoms with Gasteiger partial charge in [0.05, 0.1) is 10.2 Å². The van der Waals surface area contributed by atoms with Crippen LogP contribution in [0.4, 0.5) is 9.93 Å². The molecule has 8 heteroatoms. The van der Waals surface area contributed by atoms with Gasteiger partial charge in [0.25, 0.3) is 5.91 Å². The van der Waals surface area contributed by atoms with E-state index in [1.807, 2.05) is 25.1 Å². The van der Waals surface area contributed by atoms with Gasteiger partial charge in [-0.1, -0.05) is 36.3 Å². The molecule has 1 spiro atoms. The third-order valence-electron chi connectivity index (χ3n) is 5.36. The number of carbonyl (C=O) groups excluding carboxylic acids is 3. The molecule has 2 aliphatic rings. The van der Waals surface area contributed by atoms with Gasteiger partial charge < -0.3 is 10.6 Å². The number of nitrogens with zero attached hydrogens (tertiary/aromatic N) is 2. The first-order valence-electron chi connectivity index (χ1n) is 9.29. The van der Waals surface area contributed by atoms with Crippen molar-refractivity contribution in [3.05, 3.63) is 23.8 Å². The fraction of sp³-hybridized carbons (Fsp3) is 0.474. The summed E-state index contributed by atoms with van der Waals surface area (Å²) in [5, 5.41) is 6.25. The van der Waals surface area contributed by atoms with Gasteiger partial charge in [0.2, 0.25) is 5.91 Å². The molecule has 1 saturated heterocycles. The van der Waals surface area contributed by atoms with Crippen molar-refractivity contribution in [3.63, 3.8) is 0 Å². The van der Waals surface area contributed by atoms with Crippen molar-refractivity contribution in [1.82, 2.24) is 15.2 Å². The van der Waals surface area contributed by atoms with Crippen molar-refractivity contribution < 1.29 is 14.4 Å². The van der Waals surface area contributed by atoms with Crippen LogP contribution in [-0.2, 0) is 9.59 Å². The van der Waals surface area contributed by atoms with Gasteiger partial charge in [-0.25, -0.2) is 9.78 Å². The van der Waals surface area contributed by atoms with E-state index in [0.717, 1.165) is 28.6 Å². The molecule has 0 atom stereocenters. The zero-order valence-electron chi connectivity index (χ0n) is 15.2. The van der Waals surface area contributed by atoms with Crippen LogP contribution >= 0.6 is 11.3 Å². The Bertz CT molecular complexity index is 917. The molecular formula is C19H22N4O3S. The third kappa shape index (κ3) is 3.29. The van der Waals surface area contributed by atoms with Crippen LogP contribution in [-0.4, -0.2) is 39.8 Å². The number of para-hydroxylation sites is 1. The highest BCUT2D eigenvalue weighted by molar-refractivity contribution is 7.22. The Kier molecular flexibility index (Phi) is 4.59. The second kappa shape index (κ2) is 6.92. The van der Waals surface area contributed by atoms with E-state index < -0.39 is 5.54 Å². The van der Waals surface area contributed by atoms with E-state index in [0.29, 0.717) is 24.4 Å². The van der Waals surface area contributed by atoms with E-state index in [4.69, 9.17) is 0 Å². The summed E-state index contributed by atoms with van der Waals surface area (Å²) in [4.78, 5) is 42.6. The molecule has 4 rings (SSSR count). The third-order valence-corrected chi connectivity index (χ3v) is 6.29. The lowest BCUT2D eigenvalue weighted by Gasteiger charge is -2.19. The number of fused-ring (bicyclic) bond motifs is 1. The number of urea groups is 1. The maximum absolute atomic E-state index is 12.6. The molecule has 2 aromatic rings. The average molecular weight is 386 g/mol. The summed E-state index contributed by atoms with van der Waals surface area (Å²) in [7, 11) is 0. The number of carbonyl (C=O) groups is 3. The summed E-state index contributed by atoms with van der Waals surface area (Å²) in [6.45, 7) is 2.25. The van der Waals surface area contributed by atoms with Crippen LogP contribution < -0.4 is 10.6 Å². The predicted octanol–water partition coefficient (Wildman–Crippen LogP) is 3.19. The van der Waals surface area contributed by atoms with Gasteiger partial charge in [0.15, 0.2) is 5.13 Å². The molecule has 0 unspecified atom stereocenters. The zero-order chi connectivity index (χ0) is 19.0. The highest BCUT2D eigenvalue weighted by Crippen LogP contribution is 2.35. The number of nitrogens with one attached hydrogen (secondary N) is 2. The minimum Gasteiger partial charge on any atom is -0.323 e. The lowest BCUT2D eigenvalue weighted by atomic mass is 9.98. The van der Waals surface area contributed by atoms with Crippen molar-refractivity contribution in [2.24, 2.45) is 0 Å². The molecule has 4 amide bonds. The molecule has 1 aromatic heterocycles. The highest BCUT2D eigenvalue weighted by atomic mass is 32.1. The van der Waals surface area contributed by atoms with Crippen LogP contribution in [0.5, 0.6) is 0 Å². The molecule has 7 nitrogen and oxygen atoms in total. The first-order chi connectivity index (χ1) is 13.0. The van der Waals surface area contributed by atoms with Gasteiger partial charge in [-0.05, 0) is 37.8 Å². The number of aromatic nitrogens is 1. The monoisotopic (exact) mass is 386 g/mol. The smallest absolute Gasteiger partial charge is 0.323 e. The molecule has 2 heterocycles. The first kappa shape index (κ1) is 17.9. The molecule has 1 saturated carbocycles. The minimum atomic E-state index is -0.682. The van der Waals surface area contributed by atoms with Gasteiger partial charge in [-0.3, -0.25) is 14.5 Å². The Morgan fingerprint density at radius 1 is 1.33 bits per heavy atom. The maximum Gasteiger partial charge on any atom is 0.325 e. The summed E-state index contributed by atoms with van der Waals surface area (Å²) in [6, 6.07) is 5.61. The average Bonchev–Trinajstić information content (AvgIpc) is 3.31. The Morgan fingerprint density at radius 3 is 2.85 bits per heavy atom. The summed E-state index contributed by atoms with van der Waals surface area (Å²) in [5.74, 6) is -0.290. The second-order valence-electron chi connectivity index (χ2n) is 7.27. The molecule has 0 radical (unpaired) electrons. The summed E-state index contributed by atoms with van der Waals surface area (Å²) in [5.41, 5.74) is 1.29. The van der Waals surface area contributed by atoms with Crippen LogP contribution in [0.3, 0.4) is 0 Å². The lowest BCUT2D eigenvalue weighted by Crippen LogP contribution is -2.44. The number of amides is 4. The number of anilines is 1. The predicted molar refractivity (Wildman–Crippen MR) is 104 cm³/mol. The molecule has 2 N–H and O–H groups in total. The minimum absolute atomic E-state index is 0.132. The van der Waals surface area contributed by atoms with Crippen molar-refractivity contribution >= 4 is 44.5 Å². The topological polar surface area (TPSA) is 91.4 Å². The fourth-order valence-corrected chi connectivity index (χ4v) is 4.88. The number of rotatable bonds is 5. The Balaban J connectivity index is 1.31. The molecule has 27 heavy (non-hydrogen) atoms. The van der Waals surface area contributed by atoms with Crippen LogP contribution in [0.15, 0.2) is 18.2 Å². The van der Waals surface area contributed by atoms with Gasteiger partial charge in [-0.2, -0.15) is 0 Å². The molecule has 142 valence electrons. The Morgan fingerprint density at radius 2 is 2.11 bits per heavy atom. The van der Waals surface area contributed by atoms with E-state index in [1.54, 1.807) is 0 Å². The van der Waals surface area contributed by atoms with Crippen molar-refractivity contribution in [2.75, 3.05) is 11.9 Å². The highest BCUT2D eigenvalue weighted by Gasteiger charge is 2.51. The number of benzene rings is 1. The van der Waals surface area contributed by atoms with Crippen LogP contribution in [0.2, 0.25) is 0 Å². The number of aryl methyl sites for hydroxylation is 1. The zero-order valence-corrected chi connectivity index (χ0v) is 16.0. The number of thiazole rings is 1. The van der Waals surface area contributed by atoms with E-state index in [1.165, 1.54) is 16.2 Å². The van der Waals surface area contributed by atoms with E-state index in [-0.39, 0.29) is 30.8 Å². The molecule has 1 aliphatic heterocycles. The van der Waals surface area contributed by atoms with Crippen molar-refractivity contribution in [2.45, 2.75) is 51.0 Å². The van der Waals surface area contributed by atoms with E-state index in [2.05, 4.69) is 15.6 Å². The standard InChI is InChI=1S/C19H22N4O3S/c1-12-6-4-7-13-15(12)21-17(27-13)20-14(24)8-5-11-23-16(25)19(22-18(23)26)9-2-3-10-19/h4,6-7H,2-3,5,8-11H2,1H3,(H,22,26)(H,20,21,24). The van der Waals surface area contributed by atoms with Crippen molar-refractivity contribution in [1.29, 1.82) is 0 Å². The summed E-state index contributed by atoms with van der Waals surface area (Å²) >= 11 is 1.44. The molecular weight excluding hydrogens is 364 g/mol. The van der Waals surface area contributed by atoms with Crippen LogP contribution in [0, 0.1) is 6.92 Å². The Hall–Kier alpha value is -2.48. The number of imide groups is 1. The Labute approximate surface area is 161 Å². The molecule has 1 aromatic carbocycles. The molecule has 2 fully saturated rings. The molecule has 1 aliphatic carbocycles. The van der Waals surface area contributed by atoms with Gasteiger partial charge in [0, 0.05) is 13.0 Å².